The van der Waals surface area contributed by atoms with Crippen LogP contribution in [-0.4, -0.2) is 44.1 Å². The lowest BCUT2D eigenvalue weighted by molar-refractivity contribution is -0.112. The quantitative estimate of drug-likeness (QED) is 0.911. The molecule has 1 atom stereocenters. The zero-order chi connectivity index (χ0) is 15.8. The molecule has 21 heavy (non-hydrogen) atoms. The Labute approximate surface area is 124 Å². The summed E-state index contributed by atoms with van der Waals surface area (Å²) >= 11 is 0. The largest absolute Gasteiger partial charge is 0.368 e. The Kier molecular flexibility index (Phi) is 4.39. The SMILES string of the molecule is Cc1cc(F)ccc1S(=O)(=O)N1CC(CN)OC(C)(C)C1. The van der Waals surface area contributed by atoms with Gasteiger partial charge in [-0.3, -0.25) is 0 Å². The van der Waals surface area contributed by atoms with E-state index in [-0.39, 0.29) is 30.6 Å². The van der Waals surface area contributed by atoms with E-state index in [1.165, 1.54) is 16.4 Å². The van der Waals surface area contributed by atoms with Gasteiger partial charge < -0.3 is 10.5 Å². The second-order valence-electron chi connectivity index (χ2n) is 5.94. The van der Waals surface area contributed by atoms with Gasteiger partial charge in [-0.25, -0.2) is 12.8 Å². The summed E-state index contributed by atoms with van der Waals surface area (Å²) in [4.78, 5) is 0.123. The Morgan fingerprint density at radius 2 is 2.14 bits per heavy atom. The van der Waals surface area contributed by atoms with Crippen LogP contribution in [0.1, 0.15) is 19.4 Å². The molecule has 0 spiro atoms. The van der Waals surface area contributed by atoms with Gasteiger partial charge in [-0.1, -0.05) is 0 Å². The van der Waals surface area contributed by atoms with E-state index >= 15 is 0 Å². The van der Waals surface area contributed by atoms with Crippen LogP contribution >= 0.6 is 0 Å². The Bertz CT molecular complexity index is 631. The second kappa shape index (κ2) is 5.64. The average molecular weight is 316 g/mol. The second-order valence-corrected chi connectivity index (χ2v) is 7.85. The van der Waals surface area contributed by atoms with Crippen molar-refractivity contribution >= 4 is 10.0 Å². The number of nitrogens with two attached hydrogens (primary N) is 1. The smallest absolute Gasteiger partial charge is 0.243 e. The molecule has 1 fully saturated rings. The molecule has 0 radical (unpaired) electrons. The molecule has 1 heterocycles. The lowest BCUT2D eigenvalue weighted by atomic mass is 10.1. The minimum Gasteiger partial charge on any atom is -0.368 e. The van der Waals surface area contributed by atoms with Crippen LogP contribution in [0.4, 0.5) is 4.39 Å². The van der Waals surface area contributed by atoms with Crippen LogP contribution in [0.5, 0.6) is 0 Å². The average Bonchev–Trinajstić information content (AvgIpc) is 2.36. The van der Waals surface area contributed by atoms with Gasteiger partial charge in [0.1, 0.15) is 5.82 Å². The van der Waals surface area contributed by atoms with Gasteiger partial charge in [0.15, 0.2) is 0 Å². The van der Waals surface area contributed by atoms with Gasteiger partial charge in [-0.05, 0) is 44.5 Å². The molecule has 0 saturated carbocycles. The van der Waals surface area contributed by atoms with Crippen molar-refractivity contribution in [2.75, 3.05) is 19.6 Å². The van der Waals surface area contributed by atoms with E-state index in [0.717, 1.165) is 6.07 Å². The topological polar surface area (TPSA) is 72.6 Å². The van der Waals surface area contributed by atoms with Crippen LogP contribution in [-0.2, 0) is 14.8 Å². The first-order valence-electron chi connectivity index (χ1n) is 6.80. The van der Waals surface area contributed by atoms with Crippen LogP contribution in [0.2, 0.25) is 0 Å². The van der Waals surface area contributed by atoms with Crippen LogP contribution < -0.4 is 5.73 Å². The maximum Gasteiger partial charge on any atom is 0.243 e. The number of sulfonamides is 1. The van der Waals surface area contributed by atoms with E-state index in [9.17, 15) is 12.8 Å². The molecule has 1 aliphatic heterocycles. The fourth-order valence-corrected chi connectivity index (χ4v) is 4.42. The number of ether oxygens (including phenoxy) is 1. The van der Waals surface area contributed by atoms with Crippen molar-refractivity contribution in [1.82, 2.24) is 4.31 Å². The zero-order valence-electron chi connectivity index (χ0n) is 12.5. The molecule has 0 amide bonds. The summed E-state index contributed by atoms with van der Waals surface area (Å²) in [6.45, 7) is 5.94. The van der Waals surface area contributed by atoms with Gasteiger partial charge >= 0.3 is 0 Å². The highest BCUT2D eigenvalue weighted by molar-refractivity contribution is 7.89. The Hall–Kier alpha value is -1.02. The number of aryl methyl sites for hydroxylation is 1. The van der Waals surface area contributed by atoms with E-state index in [2.05, 4.69) is 0 Å². The third kappa shape index (κ3) is 3.42. The maximum atomic E-state index is 13.2. The molecule has 118 valence electrons. The third-order valence-electron chi connectivity index (χ3n) is 3.47. The van der Waals surface area contributed by atoms with E-state index in [4.69, 9.17) is 10.5 Å². The fourth-order valence-electron chi connectivity index (χ4n) is 2.59. The van der Waals surface area contributed by atoms with Crippen molar-refractivity contribution in [2.24, 2.45) is 5.73 Å². The van der Waals surface area contributed by atoms with E-state index in [1.807, 2.05) is 13.8 Å². The predicted octanol–water partition coefficient (Wildman–Crippen LogP) is 1.26. The summed E-state index contributed by atoms with van der Waals surface area (Å²) in [7, 11) is -3.69. The predicted molar refractivity (Wildman–Crippen MR) is 77.9 cm³/mol. The zero-order valence-corrected chi connectivity index (χ0v) is 13.3. The van der Waals surface area contributed by atoms with E-state index in [0.29, 0.717) is 5.56 Å². The summed E-state index contributed by atoms with van der Waals surface area (Å²) in [5, 5.41) is 0. The molecular weight excluding hydrogens is 295 g/mol. The van der Waals surface area contributed by atoms with Crippen molar-refractivity contribution in [2.45, 2.75) is 37.4 Å². The number of halogens is 1. The van der Waals surface area contributed by atoms with Gasteiger partial charge in [0.05, 0.1) is 16.6 Å². The molecular formula is C14H21FN2O3S. The standard InChI is InChI=1S/C14H21FN2O3S/c1-10-6-11(15)4-5-13(10)21(18,19)17-8-12(7-16)20-14(2,3)9-17/h4-6,12H,7-9,16H2,1-3H3. The maximum absolute atomic E-state index is 13.2. The summed E-state index contributed by atoms with van der Waals surface area (Å²) in [6.07, 6.45) is -0.343. The summed E-state index contributed by atoms with van der Waals surface area (Å²) in [5.41, 5.74) is 5.41. The number of nitrogens with zero attached hydrogens (tertiary/aromatic N) is 1. The van der Waals surface area contributed by atoms with E-state index in [1.54, 1.807) is 6.92 Å². The van der Waals surface area contributed by atoms with Gasteiger partial charge in [0.2, 0.25) is 10.0 Å². The van der Waals surface area contributed by atoms with Crippen LogP contribution in [0.25, 0.3) is 0 Å². The lowest BCUT2D eigenvalue weighted by Crippen LogP contribution is -2.56. The molecule has 1 aliphatic rings. The Morgan fingerprint density at radius 3 is 2.71 bits per heavy atom. The number of rotatable bonds is 3. The van der Waals surface area contributed by atoms with Gasteiger partial charge in [0.25, 0.3) is 0 Å². The normalized spacial score (nSPS) is 23.2. The van der Waals surface area contributed by atoms with Crippen molar-refractivity contribution in [3.8, 4) is 0 Å². The monoisotopic (exact) mass is 316 g/mol. The molecule has 0 aliphatic carbocycles. The van der Waals surface area contributed by atoms with Gasteiger partial charge in [-0.15, -0.1) is 0 Å². The number of hydrogen-bond donors (Lipinski definition) is 1. The highest BCUT2D eigenvalue weighted by Gasteiger charge is 2.39. The molecule has 1 unspecified atom stereocenters. The number of hydrogen-bond acceptors (Lipinski definition) is 4. The minimum absolute atomic E-state index is 0.123. The van der Waals surface area contributed by atoms with Crippen molar-refractivity contribution < 1.29 is 17.5 Å². The van der Waals surface area contributed by atoms with Crippen molar-refractivity contribution in [3.63, 3.8) is 0 Å². The molecule has 1 aromatic rings. The molecule has 5 nitrogen and oxygen atoms in total. The van der Waals surface area contributed by atoms with Crippen LogP contribution in [0, 0.1) is 12.7 Å². The molecule has 0 aromatic heterocycles. The van der Waals surface area contributed by atoms with Gasteiger partial charge in [0, 0.05) is 19.6 Å². The van der Waals surface area contributed by atoms with Crippen LogP contribution in [0.3, 0.4) is 0 Å². The molecule has 2 N–H and O–H groups in total. The first-order valence-corrected chi connectivity index (χ1v) is 8.24. The van der Waals surface area contributed by atoms with Crippen LogP contribution in [0.15, 0.2) is 23.1 Å². The molecule has 2 rings (SSSR count). The first-order chi connectivity index (χ1) is 9.65. The summed E-state index contributed by atoms with van der Waals surface area (Å²) in [6, 6.07) is 3.69. The Morgan fingerprint density at radius 1 is 1.48 bits per heavy atom. The first kappa shape index (κ1) is 16.4. The fraction of sp³-hybridized carbons (Fsp3) is 0.571. The van der Waals surface area contributed by atoms with E-state index < -0.39 is 21.4 Å². The summed E-state index contributed by atoms with van der Waals surface area (Å²) in [5.74, 6) is -0.450. The Balaban J connectivity index is 2.38. The molecule has 0 bridgehead atoms. The highest BCUT2D eigenvalue weighted by atomic mass is 32.2. The van der Waals surface area contributed by atoms with Crippen molar-refractivity contribution in [3.05, 3.63) is 29.6 Å². The minimum atomic E-state index is -3.69. The van der Waals surface area contributed by atoms with Crippen molar-refractivity contribution in [1.29, 1.82) is 0 Å². The number of benzene rings is 1. The number of morpholine rings is 1. The third-order valence-corrected chi connectivity index (χ3v) is 5.44. The summed E-state index contributed by atoms with van der Waals surface area (Å²) < 4.78 is 45.8. The lowest BCUT2D eigenvalue weighted by Gasteiger charge is -2.41. The van der Waals surface area contributed by atoms with Gasteiger partial charge in [-0.2, -0.15) is 4.31 Å². The highest BCUT2D eigenvalue weighted by Crippen LogP contribution is 2.27. The molecule has 1 saturated heterocycles. The molecule has 1 aromatic carbocycles. The molecule has 7 heteroatoms.